The van der Waals surface area contributed by atoms with Crippen LogP contribution in [0, 0.1) is 0 Å². The molecule has 0 spiro atoms. The van der Waals surface area contributed by atoms with Crippen LogP contribution in [0.4, 0.5) is 0 Å². The van der Waals surface area contributed by atoms with E-state index >= 15 is 0 Å². The summed E-state index contributed by atoms with van der Waals surface area (Å²) >= 11 is 0. The van der Waals surface area contributed by atoms with Crippen molar-refractivity contribution in [2.24, 2.45) is 11.5 Å². The molecule has 0 aromatic rings. The molecular weight excluding hydrogens is 192 g/mol. The monoisotopic (exact) mass is 204 g/mol. The van der Waals surface area contributed by atoms with Crippen molar-refractivity contribution in [3.05, 3.63) is 0 Å². The van der Waals surface area contributed by atoms with Crippen molar-refractivity contribution in [2.45, 2.75) is 18.9 Å². The maximum atomic E-state index is 10.9. The van der Waals surface area contributed by atoms with Crippen LogP contribution in [-0.4, -0.2) is 30.8 Å². The van der Waals surface area contributed by atoms with Gasteiger partial charge in [-0.25, -0.2) is 19.4 Å². The van der Waals surface area contributed by atoms with Crippen LogP contribution >= 0.6 is 0 Å². The lowest BCUT2D eigenvalue weighted by molar-refractivity contribution is -0.256. The molecule has 0 heterocycles. The van der Waals surface area contributed by atoms with E-state index in [0.29, 0.717) is 19.4 Å². The van der Waals surface area contributed by atoms with Gasteiger partial charge in [0.2, 0.25) is 6.29 Å². The number of hydrogen-bond acceptors (Lipinski definition) is 7. The van der Waals surface area contributed by atoms with Gasteiger partial charge in [-0.2, -0.15) is 0 Å². The van der Waals surface area contributed by atoms with Gasteiger partial charge >= 0.3 is 11.9 Å². The Morgan fingerprint density at radius 2 is 2.00 bits per heavy atom. The first-order valence-electron chi connectivity index (χ1n) is 3.95. The van der Waals surface area contributed by atoms with Crippen LogP contribution in [0.3, 0.4) is 0 Å². The van der Waals surface area contributed by atoms with E-state index in [1.807, 2.05) is 0 Å². The van der Waals surface area contributed by atoms with E-state index < -0.39 is 18.0 Å². The molecule has 1 unspecified atom stereocenters. The van der Waals surface area contributed by atoms with Crippen molar-refractivity contribution in [3.63, 3.8) is 0 Å². The minimum Gasteiger partial charge on any atom is -0.330 e. The Morgan fingerprint density at radius 1 is 1.36 bits per heavy atom. The summed E-state index contributed by atoms with van der Waals surface area (Å²) in [6, 6.07) is -0.905. The number of carbonyl (C=O) groups is 3. The number of carbonyl (C=O) groups excluding carboxylic acids is 3. The van der Waals surface area contributed by atoms with E-state index in [0.717, 1.165) is 0 Å². The number of rotatable bonds is 5. The highest BCUT2D eigenvalue weighted by Crippen LogP contribution is 1.96. The van der Waals surface area contributed by atoms with Gasteiger partial charge in [-0.05, 0) is 19.4 Å². The average Bonchev–Trinajstić information content (AvgIpc) is 2.21. The molecule has 7 nitrogen and oxygen atoms in total. The zero-order valence-electron chi connectivity index (χ0n) is 7.47. The molecule has 1 atom stereocenters. The van der Waals surface area contributed by atoms with Crippen LogP contribution < -0.4 is 11.5 Å². The van der Waals surface area contributed by atoms with Gasteiger partial charge in [-0.3, -0.25) is 4.79 Å². The lowest BCUT2D eigenvalue weighted by atomic mass is 10.2. The lowest BCUT2D eigenvalue weighted by Crippen LogP contribution is -2.33. The third kappa shape index (κ3) is 5.22. The summed E-state index contributed by atoms with van der Waals surface area (Å²) in [5.41, 5.74) is 10.5. The summed E-state index contributed by atoms with van der Waals surface area (Å²) in [6.07, 6.45) is 0.755. The Morgan fingerprint density at radius 3 is 2.50 bits per heavy atom. The summed E-state index contributed by atoms with van der Waals surface area (Å²) in [5, 5.41) is 0. The Kier molecular flexibility index (Phi) is 6.25. The van der Waals surface area contributed by atoms with Crippen LogP contribution in [0.25, 0.3) is 0 Å². The van der Waals surface area contributed by atoms with E-state index in [2.05, 4.69) is 9.78 Å². The van der Waals surface area contributed by atoms with Crippen molar-refractivity contribution >= 4 is 18.2 Å². The third-order valence-corrected chi connectivity index (χ3v) is 1.32. The SMILES string of the molecule is NCCCC(N)C(=O)OOC(=O)C=O. The van der Waals surface area contributed by atoms with Gasteiger partial charge in [0.15, 0.2) is 0 Å². The van der Waals surface area contributed by atoms with Crippen LogP contribution in [-0.2, 0) is 24.2 Å². The number of hydrogen-bond donors (Lipinski definition) is 2. The van der Waals surface area contributed by atoms with Crippen molar-refractivity contribution in [2.75, 3.05) is 6.54 Å². The highest BCUT2D eigenvalue weighted by molar-refractivity contribution is 6.20. The first-order chi connectivity index (χ1) is 6.61. The molecule has 0 rings (SSSR count). The van der Waals surface area contributed by atoms with Crippen molar-refractivity contribution in [3.8, 4) is 0 Å². The minimum atomic E-state index is -1.29. The second-order valence-corrected chi connectivity index (χ2v) is 2.46. The molecular formula is C7H12N2O5. The summed E-state index contributed by atoms with van der Waals surface area (Å²) in [4.78, 5) is 38.6. The lowest BCUT2D eigenvalue weighted by Gasteiger charge is -2.07. The van der Waals surface area contributed by atoms with Gasteiger partial charge in [0, 0.05) is 0 Å². The predicted molar refractivity (Wildman–Crippen MR) is 44.5 cm³/mol. The second kappa shape index (κ2) is 6.98. The molecule has 0 amide bonds. The van der Waals surface area contributed by atoms with Crippen LogP contribution in [0.15, 0.2) is 0 Å². The summed E-state index contributed by atoms with van der Waals surface area (Å²) in [5.74, 6) is -2.20. The molecule has 0 aromatic heterocycles. The summed E-state index contributed by atoms with van der Waals surface area (Å²) in [7, 11) is 0. The molecule has 0 fully saturated rings. The predicted octanol–water partition coefficient (Wildman–Crippen LogP) is -1.75. The molecule has 14 heavy (non-hydrogen) atoms. The van der Waals surface area contributed by atoms with Gasteiger partial charge < -0.3 is 11.5 Å². The molecule has 80 valence electrons. The first kappa shape index (κ1) is 12.5. The Balaban J connectivity index is 3.72. The second-order valence-electron chi connectivity index (χ2n) is 2.46. The van der Waals surface area contributed by atoms with Crippen LogP contribution in [0.1, 0.15) is 12.8 Å². The molecule has 0 aliphatic heterocycles. The quantitative estimate of drug-likeness (QED) is 0.236. The van der Waals surface area contributed by atoms with Gasteiger partial charge in [-0.15, -0.1) is 0 Å². The summed E-state index contributed by atoms with van der Waals surface area (Å²) in [6.45, 7) is 0.398. The number of aldehydes is 1. The molecule has 0 bridgehead atoms. The molecule has 7 heteroatoms. The fourth-order valence-corrected chi connectivity index (χ4v) is 0.619. The molecule has 0 radical (unpaired) electrons. The van der Waals surface area contributed by atoms with Gasteiger partial charge in [0.05, 0.1) is 0 Å². The Labute approximate surface area is 80.2 Å². The maximum Gasteiger partial charge on any atom is 0.418 e. The standard InChI is InChI=1S/C7H12N2O5/c8-3-1-2-5(9)7(12)14-13-6(11)4-10/h4-5H,1-3,8-9H2. The molecule has 0 saturated carbocycles. The molecule has 4 N–H and O–H groups in total. The zero-order valence-corrected chi connectivity index (χ0v) is 7.47. The minimum absolute atomic E-state index is 0.126. The van der Waals surface area contributed by atoms with E-state index in [4.69, 9.17) is 11.5 Å². The maximum absolute atomic E-state index is 10.9. The van der Waals surface area contributed by atoms with Crippen LogP contribution in [0.5, 0.6) is 0 Å². The first-order valence-corrected chi connectivity index (χ1v) is 3.95. The van der Waals surface area contributed by atoms with E-state index in [1.54, 1.807) is 0 Å². The molecule has 0 aliphatic rings. The highest BCUT2D eigenvalue weighted by atomic mass is 17.2. The Hall–Kier alpha value is -1.47. The van der Waals surface area contributed by atoms with Crippen LogP contribution in [0.2, 0.25) is 0 Å². The largest absolute Gasteiger partial charge is 0.418 e. The topological polar surface area (TPSA) is 122 Å². The van der Waals surface area contributed by atoms with E-state index in [1.165, 1.54) is 0 Å². The normalized spacial score (nSPS) is 11.6. The Bertz CT molecular complexity index is 218. The number of nitrogens with two attached hydrogens (primary N) is 2. The van der Waals surface area contributed by atoms with Crippen molar-refractivity contribution < 1.29 is 24.2 Å². The third-order valence-electron chi connectivity index (χ3n) is 1.32. The molecule has 0 aromatic carbocycles. The zero-order chi connectivity index (χ0) is 11.0. The fourth-order valence-electron chi connectivity index (χ4n) is 0.619. The average molecular weight is 204 g/mol. The van der Waals surface area contributed by atoms with Crippen molar-refractivity contribution in [1.82, 2.24) is 0 Å². The van der Waals surface area contributed by atoms with Gasteiger partial charge in [-0.1, -0.05) is 0 Å². The van der Waals surface area contributed by atoms with E-state index in [9.17, 15) is 14.4 Å². The highest BCUT2D eigenvalue weighted by Gasteiger charge is 2.17. The van der Waals surface area contributed by atoms with Gasteiger partial charge in [0.1, 0.15) is 6.04 Å². The molecule has 0 aliphatic carbocycles. The van der Waals surface area contributed by atoms with Gasteiger partial charge in [0.25, 0.3) is 0 Å². The molecule has 0 saturated heterocycles. The van der Waals surface area contributed by atoms with Crippen molar-refractivity contribution in [1.29, 1.82) is 0 Å². The van der Waals surface area contributed by atoms with E-state index in [-0.39, 0.29) is 6.29 Å². The fraction of sp³-hybridized carbons (Fsp3) is 0.571. The summed E-state index contributed by atoms with van der Waals surface area (Å²) < 4.78 is 0. The smallest absolute Gasteiger partial charge is 0.330 e.